The summed E-state index contributed by atoms with van der Waals surface area (Å²) in [6.07, 6.45) is 0. The number of aryl methyl sites for hydroxylation is 2. The van der Waals surface area contributed by atoms with E-state index in [9.17, 15) is 9.59 Å². The van der Waals surface area contributed by atoms with E-state index < -0.39 is 5.97 Å². The third kappa shape index (κ3) is 6.01. The van der Waals surface area contributed by atoms with Gasteiger partial charge < -0.3 is 14.8 Å². The van der Waals surface area contributed by atoms with Crippen molar-refractivity contribution < 1.29 is 19.1 Å². The highest BCUT2D eigenvalue weighted by Crippen LogP contribution is 2.26. The van der Waals surface area contributed by atoms with E-state index in [1.165, 1.54) is 7.11 Å². The molecule has 4 rings (SSSR count). The van der Waals surface area contributed by atoms with Gasteiger partial charge >= 0.3 is 5.97 Å². The Bertz CT molecular complexity index is 1440. The molecule has 4 aromatic rings. The maximum atomic E-state index is 13.0. The molecule has 1 aromatic heterocycles. The molecule has 1 amide bonds. The van der Waals surface area contributed by atoms with Crippen LogP contribution in [0.5, 0.6) is 5.75 Å². The number of ether oxygens (including phenoxy) is 2. The minimum absolute atomic E-state index is 0.241. The van der Waals surface area contributed by atoms with E-state index in [1.807, 2.05) is 63.2 Å². The maximum absolute atomic E-state index is 13.0. The Kier molecular flexibility index (Phi) is 7.94. The largest absolute Gasteiger partial charge is 0.487 e. The van der Waals surface area contributed by atoms with Crippen LogP contribution >= 0.6 is 11.6 Å². The number of hydrogen-bond acceptors (Lipinski definition) is 5. The van der Waals surface area contributed by atoms with Gasteiger partial charge in [-0.3, -0.25) is 9.48 Å². The molecule has 0 unspecified atom stereocenters. The second-order valence-corrected chi connectivity index (χ2v) is 9.13. The average molecular weight is 518 g/mol. The number of hydrogen-bond donors (Lipinski definition) is 1. The number of methoxy groups -OCH3 is 1. The highest BCUT2D eigenvalue weighted by molar-refractivity contribution is 6.32. The number of esters is 1. The van der Waals surface area contributed by atoms with E-state index in [-0.39, 0.29) is 5.91 Å². The van der Waals surface area contributed by atoms with E-state index in [2.05, 4.69) is 10.4 Å². The summed E-state index contributed by atoms with van der Waals surface area (Å²) in [7, 11) is 1.36. The van der Waals surface area contributed by atoms with Gasteiger partial charge in [0.1, 0.15) is 12.4 Å². The van der Waals surface area contributed by atoms with Crippen molar-refractivity contribution in [3.05, 3.63) is 111 Å². The predicted molar refractivity (Wildman–Crippen MR) is 144 cm³/mol. The van der Waals surface area contributed by atoms with Crippen LogP contribution in [0.4, 0.5) is 5.69 Å². The van der Waals surface area contributed by atoms with Gasteiger partial charge in [-0.05, 0) is 67.8 Å². The fourth-order valence-electron chi connectivity index (χ4n) is 3.98. The number of amides is 1. The molecule has 0 atom stereocenters. The Hall–Kier alpha value is -4.10. The summed E-state index contributed by atoms with van der Waals surface area (Å²) >= 11 is 6.20. The Morgan fingerprint density at radius 2 is 1.73 bits per heavy atom. The van der Waals surface area contributed by atoms with Crippen molar-refractivity contribution in [1.82, 2.24) is 9.78 Å². The summed E-state index contributed by atoms with van der Waals surface area (Å²) in [4.78, 5) is 25.1. The van der Waals surface area contributed by atoms with Gasteiger partial charge in [-0.2, -0.15) is 5.10 Å². The third-order valence-corrected chi connectivity index (χ3v) is 6.37. The fourth-order valence-corrected chi connectivity index (χ4v) is 4.15. The molecule has 0 aliphatic heterocycles. The van der Waals surface area contributed by atoms with Crippen LogP contribution < -0.4 is 10.1 Å². The van der Waals surface area contributed by atoms with E-state index >= 15 is 0 Å². The maximum Gasteiger partial charge on any atom is 0.338 e. The normalized spacial score (nSPS) is 10.7. The number of nitrogens with zero attached hydrogens (tertiary/aromatic N) is 2. The summed E-state index contributed by atoms with van der Waals surface area (Å²) in [5.74, 6) is -0.0166. The van der Waals surface area contributed by atoms with Crippen molar-refractivity contribution in [3.8, 4) is 5.75 Å². The smallest absolute Gasteiger partial charge is 0.338 e. The van der Waals surface area contributed by atoms with Crippen LogP contribution in [0.25, 0.3) is 0 Å². The van der Waals surface area contributed by atoms with Crippen LogP contribution in [0.2, 0.25) is 5.02 Å². The number of nitrogens with one attached hydrogen (secondary N) is 1. The van der Waals surface area contributed by atoms with Crippen LogP contribution in [-0.4, -0.2) is 28.8 Å². The molecule has 37 heavy (non-hydrogen) atoms. The molecule has 0 radical (unpaired) electrons. The molecule has 3 aromatic carbocycles. The molecule has 0 saturated heterocycles. The molecule has 0 saturated carbocycles. The van der Waals surface area contributed by atoms with Gasteiger partial charge in [-0.15, -0.1) is 0 Å². The molecule has 0 aliphatic rings. The van der Waals surface area contributed by atoms with Gasteiger partial charge in [-0.25, -0.2) is 4.79 Å². The molecule has 8 heteroatoms. The van der Waals surface area contributed by atoms with Gasteiger partial charge in [0.05, 0.1) is 41.3 Å². The van der Waals surface area contributed by atoms with E-state index in [0.29, 0.717) is 46.4 Å². The quantitative estimate of drug-likeness (QED) is 0.284. The molecule has 190 valence electrons. The van der Waals surface area contributed by atoms with Crippen molar-refractivity contribution in [3.63, 3.8) is 0 Å². The lowest BCUT2D eigenvalue weighted by atomic mass is 10.1. The first-order valence-corrected chi connectivity index (χ1v) is 12.1. The number of halogens is 1. The van der Waals surface area contributed by atoms with Gasteiger partial charge in [0.25, 0.3) is 5.91 Å². The van der Waals surface area contributed by atoms with Crippen LogP contribution in [0, 0.1) is 20.8 Å². The van der Waals surface area contributed by atoms with E-state index in [0.717, 1.165) is 22.4 Å². The summed E-state index contributed by atoms with van der Waals surface area (Å²) in [5.41, 5.74) is 5.86. The molecular formula is C29H28ClN3O4. The molecule has 0 bridgehead atoms. The van der Waals surface area contributed by atoms with Crippen molar-refractivity contribution in [1.29, 1.82) is 0 Å². The first kappa shape index (κ1) is 26.0. The molecule has 7 nitrogen and oxygen atoms in total. The van der Waals surface area contributed by atoms with Crippen LogP contribution in [0.15, 0.2) is 66.7 Å². The third-order valence-electron chi connectivity index (χ3n) is 6.06. The highest BCUT2D eigenvalue weighted by atomic mass is 35.5. The monoisotopic (exact) mass is 517 g/mol. The second kappa shape index (κ2) is 11.3. The number of rotatable bonds is 8. The topological polar surface area (TPSA) is 82.5 Å². The fraction of sp³-hybridized carbons (Fsp3) is 0.207. The second-order valence-electron chi connectivity index (χ2n) is 8.73. The van der Waals surface area contributed by atoms with Crippen LogP contribution in [-0.2, 0) is 17.9 Å². The van der Waals surface area contributed by atoms with Crippen LogP contribution in [0.1, 0.15) is 48.8 Å². The zero-order valence-corrected chi connectivity index (χ0v) is 21.9. The molecule has 0 fully saturated rings. The lowest BCUT2D eigenvalue weighted by molar-refractivity contribution is 0.0599. The summed E-state index contributed by atoms with van der Waals surface area (Å²) in [6.45, 7) is 6.40. The standard InChI is InChI=1S/C29H28ClN3O4/c1-18-9-14-25(30)26(15-18)37-17-21-10-12-22(13-11-21)28(34)31-27-19(2)32-33(20(27)3)16-23-7-5-6-8-24(23)29(35)36-4/h5-15H,16-17H2,1-4H3,(H,31,34). The van der Waals surface area contributed by atoms with E-state index in [4.69, 9.17) is 21.1 Å². The minimum Gasteiger partial charge on any atom is -0.487 e. The van der Waals surface area contributed by atoms with Crippen molar-refractivity contribution in [2.45, 2.75) is 33.9 Å². The highest BCUT2D eigenvalue weighted by Gasteiger charge is 2.18. The summed E-state index contributed by atoms with van der Waals surface area (Å²) < 4.78 is 12.5. The zero-order chi connectivity index (χ0) is 26.5. The van der Waals surface area contributed by atoms with Gasteiger partial charge in [-0.1, -0.05) is 48.0 Å². The molecule has 0 aliphatic carbocycles. The molecule has 0 spiro atoms. The van der Waals surface area contributed by atoms with Crippen LogP contribution in [0.3, 0.4) is 0 Å². The van der Waals surface area contributed by atoms with Gasteiger partial charge in [0.2, 0.25) is 0 Å². The Labute approximate surface area is 221 Å². The first-order chi connectivity index (χ1) is 17.8. The predicted octanol–water partition coefficient (Wildman–Crippen LogP) is 6.13. The van der Waals surface area contributed by atoms with Crippen molar-refractivity contribution in [2.75, 3.05) is 12.4 Å². The number of aromatic nitrogens is 2. The van der Waals surface area contributed by atoms with E-state index in [1.54, 1.807) is 28.9 Å². The molecular weight excluding hydrogens is 490 g/mol. The van der Waals surface area contributed by atoms with Gasteiger partial charge in [0, 0.05) is 5.56 Å². The van der Waals surface area contributed by atoms with Gasteiger partial charge in [0.15, 0.2) is 0 Å². The summed E-state index contributed by atoms with van der Waals surface area (Å²) in [5, 5.41) is 8.12. The Morgan fingerprint density at radius 1 is 1.00 bits per heavy atom. The molecule has 1 heterocycles. The number of carbonyl (C=O) groups is 2. The lowest BCUT2D eigenvalue weighted by Crippen LogP contribution is -2.14. The molecule has 1 N–H and O–H groups in total. The average Bonchev–Trinajstić information content (AvgIpc) is 3.16. The Balaban J connectivity index is 1.44. The van der Waals surface area contributed by atoms with Crippen molar-refractivity contribution in [2.24, 2.45) is 0 Å². The zero-order valence-electron chi connectivity index (χ0n) is 21.2. The SMILES string of the molecule is COC(=O)c1ccccc1Cn1nc(C)c(NC(=O)c2ccc(COc3cc(C)ccc3Cl)cc2)c1C. The number of anilines is 1. The lowest BCUT2D eigenvalue weighted by Gasteiger charge is -2.11. The number of benzene rings is 3. The summed E-state index contributed by atoms with van der Waals surface area (Å²) in [6, 6.07) is 20.1. The van der Waals surface area contributed by atoms with Crippen molar-refractivity contribution >= 4 is 29.2 Å². The number of carbonyl (C=O) groups excluding carboxylic acids is 2. The minimum atomic E-state index is -0.401. The Morgan fingerprint density at radius 3 is 2.46 bits per heavy atom. The first-order valence-electron chi connectivity index (χ1n) is 11.8.